The standard InChI is InChI=1S/C35H43N3O4S/c1-7-9-10-11-15-38(5)34(40)27-18-24(17-26(27)29(39)21-35(4)20-23(35)8-2)42-31-19-28(33-36-14-16-43-33)37-32-22(3)30(41-6)13-12-25(31)32/h7-8,12-14,16,19,23-24,26-27H,1-2,9-11,15,17-18,20-21H2,3-6H3/t23-,24-,26-,27-,35+/m1/s1. The van der Waals surface area contributed by atoms with Gasteiger partial charge in [-0.15, -0.1) is 24.5 Å². The largest absolute Gasteiger partial charge is 0.496 e. The molecule has 1 amide bonds. The number of fused-ring (bicyclic) bond motifs is 1. The normalized spacial score (nSPS) is 24.5. The summed E-state index contributed by atoms with van der Waals surface area (Å²) in [6, 6.07) is 5.83. The lowest BCUT2D eigenvalue weighted by molar-refractivity contribution is -0.139. The van der Waals surface area contributed by atoms with Gasteiger partial charge in [0.25, 0.3) is 0 Å². The average molecular weight is 602 g/mol. The molecule has 3 aromatic rings. The van der Waals surface area contributed by atoms with Gasteiger partial charge in [-0.2, -0.15) is 0 Å². The van der Waals surface area contributed by atoms with Crippen molar-refractivity contribution in [2.45, 2.75) is 64.9 Å². The lowest BCUT2D eigenvalue weighted by Crippen LogP contribution is -2.37. The van der Waals surface area contributed by atoms with Crippen molar-refractivity contribution in [3.63, 3.8) is 0 Å². The van der Waals surface area contributed by atoms with Crippen LogP contribution in [0.5, 0.6) is 11.5 Å². The van der Waals surface area contributed by atoms with Gasteiger partial charge in [0, 0.05) is 54.5 Å². The van der Waals surface area contributed by atoms with E-state index in [1.807, 2.05) is 49.7 Å². The molecule has 0 bridgehead atoms. The van der Waals surface area contributed by atoms with E-state index in [0.717, 1.165) is 58.6 Å². The van der Waals surface area contributed by atoms with Crippen molar-refractivity contribution in [2.24, 2.45) is 23.2 Å². The molecule has 5 atom stereocenters. The van der Waals surface area contributed by atoms with E-state index in [1.54, 1.807) is 18.2 Å². The number of unbranched alkanes of at least 4 members (excludes halogenated alkanes) is 2. The van der Waals surface area contributed by atoms with Gasteiger partial charge in [0.05, 0.1) is 18.5 Å². The number of aromatic nitrogens is 2. The first kappa shape index (κ1) is 30.9. The maximum Gasteiger partial charge on any atom is 0.226 e. The van der Waals surface area contributed by atoms with Gasteiger partial charge in [-0.1, -0.05) is 19.1 Å². The minimum atomic E-state index is -0.403. The molecule has 0 unspecified atom stereocenters. The van der Waals surface area contributed by atoms with Crippen LogP contribution in [0.1, 0.15) is 57.4 Å². The quantitative estimate of drug-likeness (QED) is 0.141. The van der Waals surface area contributed by atoms with Crippen molar-refractivity contribution >= 4 is 33.9 Å². The van der Waals surface area contributed by atoms with Crippen molar-refractivity contribution in [3.05, 3.63) is 60.6 Å². The number of carbonyl (C=O) groups is 2. The molecule has 228 valence electrons. The van der Waals surface area contributed by atoms with Crippen molar-refractivity contribution in [3.8, 4) is 22.2 Å². The van der Waals surface area contributed by atoms with Gasteiger partial charge in [0.2, 0.25) is 5.91 Å². The predicted octanol–water partition coefficient (Wildman–Crippen LogP) is 7.44. The molecule has 0 N–H and O–H groups in total. The highest BCUT2D eigenvalue weighted by Gasteiger charge is 2.52. The molecule has 0 spiro atoms. The number of carbonyl (C=O) groups excluding carboxylic acids is 2. The first-order chi connectivity index (χ1) is 20.7. The number of hydrogen-bond acceptors (Lipinski definition) is 7. The third-order valence-corrected chi connectivity index (χ3v) is 10.2. The van der Waals surface area contributed by atoms with Crippen LogP contribution in [0.15, 0.2) is 55.1 Å². The number of rotatable bonds is 14. The number of pyridine rings is 1. The molecule has 0 saturated heterocycles. The highest BCUT2D eigenvalue weighted by Crippen LogP contribution is 2.56. The Labute approximate surface area is 259 Å². The van der Waals surface area contributed by atoms with E-state index in [0.29, 0.717) is 37.5 Å². The Bertz CT molecular complexity index is 1500. The topological polar surface area (TPSA) is 81.6 Å². The molecular formula is C35H43N3O4S. The molecule has 2 aromatic heterocycles. The Balaban J connectivity index is 1.43. The summed E-state index contributed by atoms with van der Waals surface area (Å²) in [4.78, 5) is 38.9. The number of thiazole rings is 1. The number of aryl methyl sites for hydroxylation is 1. The molecule has 2 saturated carbocycles. The Kier molecular flexibility index (Phi) is 9.35. The maximum atomic E-state index is 13.8. The van der Waals surface area contributed by atoms with E-state index in [2.05, 4.69) is 25.1 Å². The van der Waals surface area contributed by atoms with Crippen LogP contribution in [0.4, 0.5) is 0 Å². The first-order valence-corrected chi connectivity index (χ1v) is 16.1. The van der Waals surface area contributed by atoms with Gasteiger partial charge < -0.3 is 14.4 Å². The molecule has 1 aromatic carbocycles. The summed E-state index contributed by atoms with van der Waals surface area (Å²) >= 11 is 1.52. The summed E-state index contributed by atoms with van der Waals surface area (Å²) in [5.41, 5.74) is 2.38. The number of allylic oxidation sites excluding steroid dienone is 2. The van der Waals surface area contributed by atoms with Crippen LogP contribution in [-0.2, 0) is 9.59 Å². The fourth-order valence-corrected chi connectivity index (χ4v) is 7.23. The zero-order valence-corrected chi connectivity index (χ0v) is 26.6. The minimum Gasteiger partial charge on any atom is -0.496 e. The van der Waals surface area contributed by atoms with E-state index in [4.69, 9.17) is 14.5 Å². The monoisotopic (exact) mass is 601 g/mol. The molecule has 2 aliphatic carbocycles. The summed E-state index contributed by atoms with van der Waals surface area (Å²) in [6.07, 6.45) is 10.6. The molecule has 0 aliphatic heterocycles. The lowest BCUT2D eigenvalue weighted by atomic mass is 9.85. The molecule has 7 nitrogen and oxygen atoms in total. The molecule has 2 aliphatic rings. The summed E-state index contributed by atoms with van der Waals surface area (Å²) in [6.45, 7) is 12.5. The number of Topliss-reactive ketones (excluding diaryl/α,β-unsaturated/α-hetero) is 1. The highest BCUT2D eigenvalue weighted by molar-refractivity contribution is 7.13. The number of nitrogens with zero attached hydrogens (tertiary/aromatic N) is 3. The van der Waals surface area contributed by atoms with Crippen molar-refractivity contribution in [1.29, 1.82) is 0 Å². The number of ether oxygens (including phenoxy) is 2. The van der Waals surface area contributed by atoms with Crippen LogP contribution in [0.3, 0.4) is 0 Å². The number of amides is 1. The number of benzene rings is 1. The van der Waals surface area contributed by atoms with Crippen LogP contribution in [-0.4, -0.2) is 53.4 Å². The maximum absolute atomic E-state index is 13.8. The third kappa shape index (κ3) is 6.54. The summed E-state index contributed by atoms with van der Waals surface area (Å²) in [7, 11) is 3.51. The predicted molar refractivity (Wildman–Crippen MR) is 172 cm³/mol. The lowest BCUT2D eigenvalue weighted by Gasteiger charge is -2.25. The van der Waals surface area contributed by atoms with Gasteiger partial charge in [-0.3, -0.25) is 9.59 Å². The second-order valence-electron chi connectivity index (χ2n) is 12.4. The van der Waals surface area contributed by atoms with Gasteiger partial charge in [-0.25, -0.2) is 9.97 Å². The molecular weight excluding hydrogens is 558 g/mol. The Morgan fingerprint density at radius 1 is 1.19 bits per heavy atom. The Morgan fingerprint density at radius 2 is 1.98 bits per heavy atom. The molecule has 2 heterocycles. The van der Waals surface area contributed by atoms with Crippen LogP contribution < -0.4 is 9.47 Å². The SMILES string of the molecule is C=CCCCCN(C)C(=O)[C@@H]1C[C@H](Oc2cc(-c3nccs3)nc3c(C)c(OC)ccc23)C[C@H]1C(=O)C[C@]1(C)C[C@H]1C=C. The van der Waals surface area contributed by atoms with E-state index >= 15 is 0 Å². The zero-order chi connectivity index (χ0) is 30.7. The van der Waals surface area contributed by atoms with Crippen molar-refractivity contribution < 1.29 is 19.1 Å². The van der Waals surface area contributed by atoms with Crippen LogP contribution in [0.2, 0.25) is 0 Å². The highest BCUT2D eigenvalue weighted by atomic mass is 32.1. The van der Waals surface area contributed by atoms with E-state index in [1.165, 1.54) is 11.3 Å². The molecule has 8 heteroatoms. The number of ketones is 1. The third-order valence-electron chi connectivity index (χ3n) is 9.37. The fraction of sp³-hybridized carbons (Fsp3) is 0.486. The smallest absolute Gasteiger partial charge is 0.226 e. The summed E-state index contributed by atoms with van der Waals surface area (Å²) in [5.74, 6) is 1.22. The molecule has 5 rings (SSSR count). The molecule has 0 radical (unpaired) electrons. The second-order valence-corrected chi connectivity index (χ2v) is 13.3. The van der Waals surface area contributed by atoms with E-state index in [9.17, 15) is 9.59 Å². The van der Waals surface area contributed by atoms with Crippen LogP contribution in [0.25, 0.3) is 21.6 Å². The second kappa shape index (κ2) is 13.0. The van der Waals surface area contributed by atoms with Crippen LogP contribution >= 0.6 is 11.3 Å². The van der Waals surface area contributed by atoms with Crippen molar-refractivity contribution in [2.75, 3.05) is 20.7 Å². The average Bonchev–Trinajstić information content (AvgIpc) is 3.35. The van der Waals surface area contributed by atoms with Gasteiger partial charge in [0.15, 0.2) is 0 Å². The fourth-order valence-electron chi connectivity index (χ4n) is 6.63. The Hall–Kier alpha value is -3.52. The first-order valence-electron chi connectivity index (χ1n) is 15.2. The van der Waals surface area contributed by atoms with Gasteiger partial charge >= 0.3 is 0 Å². The zero-order valence-electron chi connectivity index (χ0n) is 25.8. The van der Waals surface area contributed by atoms with E-state index in [-0.39, 0.29) is 29.1 Å². The minimum absolute atomic E-state index is 0.0351. The Morgan fingerprint density at radius 3 is 2.65 bits per heavy atom. The van der Waals surface area contributed by atoms with Crippen LogP contribution in [0, 0.1) is 30.1 Å². The van der Waals surface area contributed by atoms with E-state index < -0.39 is 5.92 Å². The number of methoxy groups -OCH3 is 1. The number of hydrogen-bond donors (Lipinski definition) is 0. The van der Waals surface area contributed by atoms with Gasteiger partial charge in [0.1, 0.15) is 34.1 Å². The van der Waals surface area contributed by atoms with Gasteiger partial charge in [-0.05, 0) is 68.9 Å². The summed E-state index contributed by atoms with van der Waals surface area (Å²) in [5, 5.41) is 3.60. The van der Waals surface area contributed by atoms with Crippen molar-refractivity contribution in [1.82, 2.24) is 14.9 Å². The molecule has 43 heavy (non-hydrogen) atoms. The molecule has 2 fully saturated rings. The summed E-state index contributed by atoms with van der Waals surface area (Å²) < 4.78 is 12.3.